The molecular formula is C21H22ClFN2O4. The quantitative estimate of drug-likeness (QED) is 0.627. The summed E-state index contributed by atoms with van der Waals surface area (Å²) in [7, 11) is 0. The first-order valence-corrected chi connectivity index (χ1v) is 9.51. The number of anilines is 1. The second-order valence-corrected chi connectivity index (χ2v) is 6.92. The highest BCUT2D eigenvalue weighted by Crippen LogP contribution is 2.23. The average Bonchev–Trinajstić information content (AvgIpc) is 2.67. The summed E-state index contributed by atoms with van der Waals surface area (Å²) < 4.78 is 18.1. The monoisotopic (exact) mass is 420 g/mol. The number of rotatable bonds is 8. The first-order chi connectivity index (χ1) is 13.8. The third-order valence-corrected chi connectivity index (χ3v) is 4.25. The summed E-state index contributed by atoms with van der Waals surface area (Å²) in [6.07, 6.45) is 1.74. The van der Waals surface area contributed by atoms with Crippen molar-refractivity contribution in [3.05, 3.63) is 64.4 Å². The number of nitrogens with one attached hydrogen (secondary N) is 2. The first-order valence-electron chi connectivity index (χ1n) is 9.13. The molecule has 2 aromatic carbocycles. The molecular weight excluding hydrogens is 399 g/mol. The molecule has 2 rings (SSSR count). The zero-order valence-corrected chi connectivity index (χ0v) is 16.9. The maximum Gasteiger partial charge on any atom is 0.340 e. The fraction of sp³-hybridized carbons (Fsp3) is 0.286. The van der Waals surface area contributed by atoms with Crippen LogP contribution in [0.15, 0.2) is 42.5 Å². The Balaban J connectivity index is 2.07. The molecule has 154 valence electrons. The van der Waals surface area contributed by atoms with Crippen molar-refractivity contribution >= 4 is 35.1 Å². The molecule has 29 heavy (non-hydrogen) atoms. The van der Waals surface area contributed by atoms with E-state index in [1.54, 1.807) is 0 Å². The van der Waals surface area contributed by atoms with Crippen molar-refractivity contribution in [1.82, 2.24) is 5.32 Å². The highest BCUT2D eigenvalue weighted by atomic mass is 35.5. The fourth-order valence-electron chi connectivity index (χ4n) is 2.62. The Morgan fingerprint density at radius 3 is 2.48 bits per heavy atom. The minimum atomic E-state index is -0.783. The second kappa shape index (κ2) is 10.6. The molecule has 0 aromatic heterocycles. The summed E-state index contributed by atoms with van der Waals surface area (Å²) in [5.74, 6) is -2.22. The molecule has 2 aromatic rings. The number of ether oxygens (including phenoxy) is 1. The van der Waals surface area contributed by atoms with E-state index in [-0.39, 0.29) is 22.9 Å². The lowest BCUT2D eigenvalue weighted by molar-refractivity contribution is -0.124. The predicted octanol–water partition coefficient (Wildman–Crippen LogP) is 4.19. The molecule has 0 saturated heterocycles. The van der Waals surface area contributed by atoms with Crippen molar-refractivity contribution in [2.24, 2.45) is 0 Å². The molecule has 0 aliphatic carbocycles. The molecule has 0 heterocycles. The molecule has 0 radical (unpaired) electrons. The zero-order chi connectivity index (χ0) is 21.4. The van der Waals surface area contributed by atoms with Crippen LogP contribution in [0.25, 0.3) is 0 Å². The summed E-state index contributed by atoms with van der Waals surface area (Å²) in [5, 5.41) is 5.58. The van der Waals surface area contributed by atoms with Crippen LogP contribution in [-0.2, 0) is 9.53 Å². The number of halogens is 2. The molecule has 0 spiro atoms. The smallest absolute Gasteiger partial charge is 0.340 e. The van der Waals surface area contributed by atoms with Gasteiger partial charge in [0.05, 0.1) is 11.3 Å². The highest BCUT2D eigenvalue weighted by molar-refractivity contribution is 6.31. The van der Waals surface area contributed by atoms with Gasteiger partial charge in [0.25, 0.3) is 11.8 Å². The summed E-state index contributed by atoms with van der Waals surface area (Å²) in [6, 6.07) is 9.16. The van der Waals surface area contributed by atoms with Gasteiger partial charge in [-0.25, -0.2) is 9.18 Å². The van der Waals surface area contributed by atoms with Gasteiger partial charge in [0.2, 0.25) is 0 Å². The van der Waals surface area contributed by atoms with Crippen molar-refractivity contribution in [3.63, 3.8) is 0 Å². The van der Waals surface area contributed by atoms with Gasteiger partial charge in [0.1, 0.15) is 5.82 Å². The highest BCUT2D eigenvalue weighted by Gasteiger charge is 2.18. The van der Waals surface area contributed by atoms with Crippen LogP contribution in [0.2, 0.25) is 5.02 Å². The summed E-state index contributed by atoms with van der Waals surface area (Å²) >= 11 is 5.97. The van der Waals surface area contributed by atoms with Gasteiger partial charge in [-0.15, -0.1) is 0 Å². The molecule has 0 aliphatic rings. The molecule has 8 heteroatoms. The fourth-order valence-corrected chi connectivity index (χ4v) is 2.80. The van der Waals surface area contributed by atoms with Crippen molar-refractivity contribution in [2.75, 3.05) is 11.9 Å². The van der Waals surface area contributed by atoms with Crippen molar-refractivity contribution in [1.29, 1.82) is 0 Å². The normalized spacial score (nSPS) is 11.4. The van der Waals surface area contributed by atoms with E-state index in [0.717, 1.165) is 25.0 Å². The van der Waals surface area contributed by atoms with Gasteiger partial charge in [-0.2, -0.15) is 0 Å². The summed E-state index contributed by atoms with van der Waals surface area (Å²) in [5.41, 5.74) is 0.367. The lowest BCUT2D eigenvalue weighted by atomic mass is 10.1. The molecule has 0 fully saturated rings. The molecule has 6 nitrogen and oxygen atoms in total. The van der Waals surface area contributed by atoms with Crippen LogP contribution < -0.4 is 10.6 Å². The number of amides is 2. The third-order valence-electron chi connectivity index (χ3n) is 4.02. The van der Waals surface area contributed by atoms with Gasteiger partial charge in [0, 0.05) is 16.6 Å². The van der Waals surface area contributed by atoms with Gasteiger partial charge in [-0.05, 0) is 55.8 Å². The Hall–Kier alpha value is -2.93. The first kappa shape index (κ1) is 22.4. The van der Waals surface area contributed by atoms with Gasteiger partial charge in [0.15, 0.2) is 6.61 Å². The van der Waals surface area contributed by atoms with Crippen LogP contribution in [0.5, 0.6) is 0 Å². The van der Waals surface area contributed by atoms with Gasteiger partial charge in [-0.1, -0.05) is 24.9 Å². The van der Waals surface area contributed by atoms with Crippen LogP contribution in [0.3, 0.4) is 0 Å². The molecule has 0 aliphatic heterocycles. The van der Waals surface area contributed by atoms with Crippen molar-refractivity contribution < 1.29 is 23.5 Å². The molecule has 1 atom stereocenters. The molecule has 2 amide bonds. The molecule has 2 N–H and O–H groups in total. The van der Waals surface area contributed by atoms with E-state index in [0.29, 0.717) is 5.02 Å². The standard InChI is InChI=1S/C21H22ClFN2O4/c1-3-4-13(2)24-19(26)12-29-21(28)17-10-7-15(22)11-18(17)25-20(27)14-5-8-16(23)9-6-14/h5-11,13H,3-4,12H2,1-2H3,(H,24,26)(H,25,27)/t13-/m0/s1. The van der Waals surface area contributed by atoms with E-state index in [4.69, 9.17) is 16.3 Å². The maximum absolute atomic E-state index is 13.0. The van der Waals surface area contributed by atoms with Crippen LogP contribution >= 0.6 is 11.6 Å². The Bertz CT molecular complexity index is 887. The summed E-state index contributed by atoms with van der Waals surface area (Å²) in [6.45, 7) is 3.43. The topological polar surface area (TPSA) is 84.5 Å². The minimum Gasteiger partial charge on any atom is -0.452 e. The lowest BCUT2D eigenvalue weighted by Crippen LogP contribution is -2.35. The summed E-state index contributed by atoms with van der Waals surface area (Å²) in [4.78, 5) is 36.7. The Morgan fingerprint density at radius 1 is 1.14 bits per heavy atom. The van der Waals surface area contributed by atoms with Crippen molar-refractivity contribution in [3.8, 4) is 0 Å². The SMILES string of the molecule is CCC[C@H](C)NC(=O)COC(=O)c1ccc(Cl)cc1NC(=O)c1ccc(F)cc1. The predicted molar refractivity (Wildman–Crippen MR) is 109 cm³/mol. The number of esters is 1. The van der Waals surface area contributed by atoms with Crippen LogP contribution in [0.4, 0.5) is 10.1 Å². The van der Waals surface area contributed by atoms with E-state index in [9.17, 15) is 18.8 Å². The Labute approximate surface area is 173 Å². The van der Waals surface area contributed by atoms with Gasteiger partial charge < -0.3 is 15.4 Å². The lowest BCUT2D eigenvalue weighted by Gasteiger charge is -2.14. The molecule has 0 saturated carbocycles. The number of hydrogen-bond acceptors (Lipinski definition) is 4. The number of benzene rings is 2. The van der Waals surface area contributed by atoms with Crippen LogP contribution in [-0.4, -0.2) is 30.4 Å². The van der Waals surface area contributed by atoms with E-state index < -0.39 is 30.2 Å². The average molecular weight is 421 g/mol. The van der Waals surface area contributed by atoms with Crippen LogP contribution in [0.1, 0.15) is 47.4 Å². The van der Waals surface area contributed by atoms with E-state index in [1.807, 2.05) is 13.8 Å². The minimum absolute atomic E-state index is 0.0210. The zero-order valence-electron chi connectivity index (χ0n) is 16.1. The molecule has 0 bridgehead atoms. The van der Waals surface area contributed by atoms with E-state index >= 15 is 0 Å². The molecule has 0 unspecified atom stereocenters. The van der Waals surface area contributed by atoms with E-state index in [2.05, 4.69) is 10.6 Å². The number of hydrogen-bond donors (Lipinski definition) is 2. The van der Waals surface area contributed by atoms with Crippen molar-refractivity contribution in [2.45, 2.75) is 32.7 Å². The number of carbonyl (C=O) groups excluding carboxylic acids is 3. The largest absolute Gasteiger partial charge is 0.452 e. The maximum atomic E-state index is 13.0. The second-order valence-electron chi connectivity index (χ2n) is 6.48. The van der Waals surface area contributed by atoms with E-state index in [1.165, 1.54) is 30.3 Å². The van der Waals surface area contributed by atoms with Gasteiger partial charge in [-0.3, -0.25) is 9.59 Å². The Kier molecular flexibility index (Phi) is 8.15. The number of carbonyl (C=O) groups is 3. The Morgan fingerprint density at radius 2 is 1.83 bits per heavy atom. The van der Waals surface area contributed by atoms with Crippen LogP contribution in [0, 0.1) is 5.82 Å². The third kappa shape index (κ3) is 6.87. The van der Waals surface area contributed by atoms with Gasteiger partial charge >= 0.3 is 5.97 Å².